The zero-order valence-electron chi connectivity index (χ0n) is 13.5. The number of hydrogen-bond acceptors (Lipinski definition) is 5. The summed E-state index contributed by atoms with van der Waals surface area (Å²) < 4.78 is 4.99. The number of hydrogen-bond donors (Lipinski definition) is 1. The smallest absolute Gasteiger partial charge is 0.340 e. The number of esters is 1. The van der Waals surface area contributed by atoms with E-state index < -0.39 is 24.0 Å². The number of carbonyl (C=O) groups excluding carboxylic acids is 2. The second-order valence-electron chi connectivity index (χ2n) is 5.44. The van der Waals surface area contributed by atoms with Crippen LogP contribution >= 0.6 is 23.4 Å². The van der Waals surface area contributed by atoms with E-state index in [2.05, 4.69) is 11.4 Å². The molecule has 5 nitrogen and oxygen atoms in total. The quantitative estimate of drug-likeness (QED) is 0.626. The zero-order chi connectivity index (χ0) is 17.6. The number of carbonyl (C=O) groups is 2. The first-order chi connectivity index (χ1) is 10.7. The van der Waals surface area contributed by atoms with Crippen LogP contribution in [0.5, 0.6) is 0 Å². The number of rotatable bonds is 6. The molecule has 0 unspecified atom stereocenters. The molecule has 0 saturated carbocycles. The summed E-state index contributed by atoms with van der Waals surface area (Å²) in [6.45, 7) is 4.80. The first-order valence-electron chi connectivity index (χ1n) is 6.96. The second-order valence-corrected chi connectivity index (χ2v) is 6.73. The Hall–Kier alpha value is -1.71. The highest BCUT2D eigenvalue weighted by Gasteiger charge is 2.30. The van der Waals surface area contributed by atoms with E-state index in [1.165, 1.54) is 11.8 Å². The largest absolute Gasteiger partial charge is 0.452 e. The van der Waals surface area contributed by atoms with Crippen LogP contribution in [0, 0.1) is 17.2 Å². The van der Waals surface area contributed by atoms with Crippen molar-refractivity contribution in [3.63, 3.8) is 0 Å². The molecule has 0 aromatic heterocycles. The number of nitrogens with one attached hydrogen (secondary N) is 1. The van der Waals surface area contributed by atoms with E-state index >= 15 is 0 Å². The topological polar surface area (TPSA) is 79.2 Å². The molecule has 0 bridgehead atoms. The van der Waals surface area contributed by atoms with Gasteiger partial charge in [-0.05, 0) is 37.3 Å². The number of thioether (sulfide) groups is 1. The van der Waals surface area contributed by atoms with Crippen LogP contribution in [0.2, 0.25) is 5.02 Å². The fourth-order valence-electron chi connectivity index (χ4n) is 1.62. The van der Waals surface area contributed by atoms with Gasteiger partial charge in [0.05, 0.1) is 16.7 Å². The predicted molar refractivity (Wildman–Crippen MR) is 90.5 cm³/mol. The fraction of sp³-hybridized carbons (Fsp3) is 0.438. The van der Waals surface area contributed by atoms with Crippen LogP contribution in [-0.4, -0.2) is 30.3 Å². The molecule has 1 aromatic carbocycles. The van der Waals surface area contributed by atoms with Crippen LogP contribution in [-0.2, 0) is 9.53 Å². The van der Waals surface area contributed by atoms with Crippen molar-refractivity contribution >= 4 is 35.2 Å². The molecular formula is C16H19ClN2O3S. The molecule has 0 radical (unpaired) electrons. The molecule has 1 aromatic rings. The van der Waals surface area contributed by atoms with Gasteiger partial charge < -0.3 is 10.1 Å². The minimum Gasteiger partial charge on any atom is -0.452 e. The number of amides is 1. The molecule has 0 spiro atoms. The van der Waals surface area contributed by atoms with Gasteiger partial charge in [-0.3, -0.25) is 4.79 Å². The van der Waals surface area contributed by atoms with Gasteiger partial charge in [-0.1, -0.05) is 25.4 Å². The first-order valence-corrected chi connectivity index (χ1v) is 8.56. The Morgan fingerprint density at radius 2 is 2.13 bits per heavy atom. The van der Waals surface area contributed by atoms with E-state index in [1.807, 2.05) is 20.1 Å². The summed E-state index contributed by atoms with van der Waals surface area (Å²) in [6, 6.07) is 7.06. The van der Waals surface area contributed by atoms with Crippen LogP contribution < -0.4 is 5.32 Å². The van der Waals surface area contributed by atoms with Gasteiger partial charge in [-0.25, -0.2) is 4.79 Å². The van der Waals surface area contributed by atoms with Crippen LogP contribution in [0.1, 0.15) is 31.1 Å². The molecule has 0 fully saturated rings. The Morgan fingerprint density at radius 3 is 2.65 bits per heavy atom. The van der Waals surface area contributed by atoms with E-state index in [9.17, 15) is 9.59 Å². The Morgan fingerprint density at radius 1 is 1.48 bits per heavy atom. The lowest BCUT2D eigenvalue weighted by molar-refractivity contribution is -0.125. The second kappa shape index (κ2) is 8.23. The molecule has 7 heteroatoms. The lowest BCUT2D eigenvalue weighted by atomic mass is 9.90. The number of nitrogens with zero attached hydrogens (tertiary/aromatic N) is 1. The average molecular weight is 355 g/mol. The predicted octanol–water partition coefficient (Wildman–Crippen LogP) is 3.27. The van der Waals surface area contributed by atoms with Crippen LogP contribution in [0.3, 0.4) is 0 Å². The Labute approximate surface area is 145 Å². The van der Waals surface area contributed by atoms with Gasteiger partial charge in [0.15, 0.2) is 6.61 Å². The Bertz CT molecular complexity index is 643. The standard InChI is InChI=1S/C16H19ClN2O3S/c1-10(2)16(3,9-18)19-14(20)8-22-15(21)12-7-11(23-4)5-6-13(12)17/h5-7,10H,8H2,1-4H3,(H,19,20)/t16-/m1/s1. The third-order valence-electron chi connectivity index (χ3n) is 3.51. The molecular weight excluding hydrogens is 336 g/mol. The molecule has 1 N–H and O–H groups in total. The number of ether oxygens (including phenoxy) is 1. The summed E-state index contributed by atoms with van der Waals surface area (Å²) in [5, 5.41) is 12.0. The Balaban J connectivity index is 2.70. The molecule has 0 aliphatic carbocycles. The fourth-order valence-corrected chi connectivity index (χ4v) is 2.26. The number of halogens is 1. The molecule has 0 aliphatic rings. The van der Waals surface area contributed by atoms with Crippen molar-refractivity contribution in [2.24, 2.45) is 5.92 Å². The molecule has 23 heavy (non-hydrogen) atoms. The van der Waals surface area contributed by atoms with E-state index in [1.54, 1.807) is 25.1 Å². The molecule has 1 rings (SSSR count). The summed E-state index contributed by atoms with van der Waals surface area (Å²) in [5.41, 5.74) is -0.807. The highest BCUT2D eigenvalue weighted by atomic mass is 35.5. The lowest BCUT2D eigenvalue weighted by Gasteiger charge is -2.27. The van der Waals surface area contributed by atoms with Crippen molar-refractivity contribution in [3.8, 4) is 6.07 Å². The summed E-state index contributed by atoms with van der Waals surface area (Å²) >= 11 is 7.45. The van der Waals surface area contributed by atoms with Crippen LogP contribution in [0.25, 0.3) is 0 Å². The minimum atomic E-state index is -1.01. The number of benzene rings is 1. The van der Waals surface area contributed by atoms with Gasteiger partial charge in [0.2, 0.25) is 0 Å². The van der Waals surface area contributed by atoms with Crippen molar-refractivity contribution in [2.75, 3.05) is 12.9 Å². The van der Waals surface area contributed by atoms with E-state index in [0.29, 0.717) is 0 Å². The van der Waals surface area contributed by atoms with E-state index in [4.69, 9.17) is 21.6 Å². The SMILES string of the molecule is CSc1ccc(Cl)c(C(=O)OCC(=O)N[C@](C)(C#N)C(C)C)c1. The number of nitriles is 1. The minimum absolute atomic E-state index is 0.0835. The van der Waals surface area contributed by atoms with Gasteiger partial charge in [-0.15, -0.1) is 11.8 Å². The van der Waals surface area contributed by atoms with Crippen molar-refractivity contribution in [1.82, 2.24) is 5.32 Å². The van der Waals surface area contributed by atoms with Gasteiger partial charge >= 0.3 is 5.97 Å². The lowest BCUT2D eigenvalue weighted by Crippen LogP contribution is -2.50. The summed E-state index contributed by atoms with van der Waals surface area (Å²) in [5.74, 6) is -1.29. The average Bonchev–Trinajstić information content (AvgIpc) is 2.52. The van der Waals surface area contributed by atoms with Gasteiger partial charge in [0.1, 0.15) is 5.54 Å². The molecule has 124 valence electrons. The summed E-state index contributed by atoms with van der Waals surface area (Å²) in [7, 11) is 0. The first kappa shape index (κ1) is 19.3. The molecule has 1 amide bonds. The van der Waals surface area contributed by atoms with Gasteiger partial charge in [0, 0.05) is 4.90 Å². The molecule has 0 saturated heterocycles. The zero-order valence-corrected chi connectivity index (χ0v) is 15.0. The molecule has 0 heterocycles. The highest BCUT2D eigenvalue weighted by Crippen LogP contribution is 2.23. The maximum Gasteiger partial charge on any atom is 0.340 e. The monoisotopic (exact) mass is 354 g/mol. The molecule has 0 aliphatic heterocycles. The van der Waals surface area contributed by atoms with Gasteiger partial charge in [-0.2, -0.15) is 5.26 Å². The third kappa shape index (κ3) is 5.15. The highest BCUT2D eigenvalue weighted by molar-refractivity contribution is 7.98. The van der Waals surface area contributed by atoms with Crippen molar-refractivity contribution < 1.29 is 14.3 Å². The van der Waals surface area contributed by atoms with Gasteiger partial charge in [0.25, 0.3) is 5.91 Å². The van der Waals surface area contributed by atoms with Crippen molar-refractivity contribution in [1.29, 1.82) is 5.26 Å². The van der Waals surface area contributed by atoms with Crippen LogP contribution in [0.15, 0.2) is 23.1 Å². The maximum absolute atomic E-state index is 12.0. The molecule has 1 atom stereocenters. The maximum atomic E-state index is 12.0. The van der Waals surface area contributed by atoms with E-state index in [0.717, 1.165) is 4.90 Å². The van der Waals surface area contributed by atoms with Crippen molar-refractivity contribution in [2.45, 2.75) is 31.2 Å². The van der Waals surface area contributed by atoms with Crippen molar-refractivity contribution in [3.05, 3.63) is 28.8 Å². The normalized spacial score (nSPS) is 13.1. The third-order valence-corrected chi connectivity index (χ3v) is 4.57. The summed E-state index contributed by atoms with van der Waals surface area (Å²) in [4.78, 5) is 24.8. The summed E-state index contributed by atoms with van der Waals surface area (Å²) in [6.07, 6.45) is 1.88. The van der Waals surface area contributed by atoms with Crippen LogP contribution in [0.4, 0.5) is 0 Å². The van der Waals surface area contributed by atoms with E-state index in [-0.39, 0.29) is 16.5 Å². The Kier molecular flexibility index (Phi) is 6.92.